The molecule has 118 valence electrons. The van der Waals surface area contributed by atoms with E-state index in [-0.39, 0.29) is 5.91 Å². The molecule has 0 fully saturated rings. The van der Waals surface area contributed by atoms with Crippen molar-refractivity contribution in [1.29, 1.82) is 0 Å². The molecule has 2 heterocycles. The molecule has 0 aliphatic rings. The summed E-state index contributed by atoms with van der Waals surface area (Å²) in [5, 5.41) is 5.34. The SMILES string of the molecule is Cc1ccc2nc(NC(=O)c3nc(C)cc4ccccc34)sc2c1. The van der Waals surface area contributed by atoms with E-state index in [2.05, 4.69) is 21.4 Å². The Morgan fingerprint density at radius 2 is 1.88 bits per heavy atom. The number of benzene rings is 2. The third-order valence-electron chi connectivity index (χ3n) is 3.85. The van der Waals surface area contributed by atoms with Gasteiger partial charge in [-0.1, -0.05) is 41.7 Å². The minimum atomic E-state index is -0.231. The van der Waals surface area contributed by atoms with Gasteiger partial charge in [0.25, 0.3) is 5.91 Å². The molecule has 0 atom stereocenters. The molecular formula is C19H15N3OS. The van der Waals surface area contributed by atoms with Crippen molar-refractivity contribution in [2.75, 3.05) is 5.32 Å². The number of aromatic nitrogens is 2. The highest BCUT2D eigenvalue weighted by atomic mass is 32.1. The van der Waals surface area contributed by atoms with Gasteiger partial charge in [0.2, 0.25) is 0 Å². The fourth-order valence-corrected chi connectivity index (χ4v) is 3.71. The Hall–Kier alpha value is -2.79. The van der Waals surface area contributed by atoms with Crippen molar-refractivity contribution in [3.05, 3.63) is 65.5 Å². The molecule has 0 radical (unpaired) electrons. The molecule has 2 aromatic carbocycles. The molecule has 24 heavy (non-hydrogen) atoms. The predicted octanol–water partition coefficient (Wildman–Crippen LogP) is 4.71. The molecule has 5 heteroatoms. The Bertz CT molecular complexity index is 1080. The topological polar surface area (TPSA) is 54.9 Å². The van der Waals surface area contributed by atoms with E-state index in [0.29, 0.717) is 10.8 Å². The summed E-state index contributed by atoms with van der Waals surface area (Å²) in [5.41, 5.74) is 3.32. The molecule has 0 spiro atoms. The summed E-state index contributed by atoms with van der Waals surface area (Å²) in [6, 6.07) is 15.8. The summed E-state index contributed by atoms with van der Waals surface area (Å²) in [7, 11) is 0. The lowest BCUT2D eigenvalue weighted by atomic mass is 10.1. The largest absolute Gasteiger partial charge is 0.296 e. The number of carbonyl (C=O) groups excluding carboxylic acids is 1. The number of fused-ring (bicyclic) bond motifs is 2. The summed E-state index contributed by atoms with van der Waals surface area (Å²) in [6.07, 6.45) is 0. The van der Waals surface area contributed by atoms with Crippen LogP contribution in [-0.4, -0.2) is 15.9 Å². The monoisotopic (exact) mass is 333 g/mol. The van der Waals surface area contributed by atoms with E-state index < -0.39 is 0 Å². The van der Waals surface area contributed by atoms with Gasteiger partial charge in [0.1, 0.15) is 5.69 Å². The lowest BCUT2D eigenvalue weighted by Gasteiger charge is -2.06. The lowest BCUT2D eigenvalue weighted by molar-refractivity contribution is 0.102. The molecule has 1 amide bonds. The Balaban J connectivity index is 1.73. The van der Waals surface area contributed by atoms with Crippen LogP contribution in [0.25, 0.3) is 21.0 Å². The normalized spacial score (nSPS) is 11.1. The third-order valence-corrected chi connectivity index (χ3v) is 4.78. The number of thiazole rings is 1. The van der Waals surface area contributed by atoms with Gasteiger partial charge in [0, 0.05) is 11.1 Å². The van der Waals surface area contributed by atoms with E-state index >= 15 is 0 Å². The second-order valence-electron chi connectivity index (χ2n) is 5.78. The fraction of sp³-hybridized carbons (Fsp3) is 0.105. The molecule has 0 aliphatic heterocycles. The van der Waals surface area contributed by atoms with Crippen molar-refractivity contribution >= 4 is 43.4 Å². The Morgan fingerprint density at radius 3 is 2.75 bits per heavy atom. The van der Waals surface area contributed by atoms with E-state index in [0.717, 1.165) is 26.7 Å². The van der Waals surface area contributed by atoms with E-state index in [9.17, 15) is 4.79 Å². The van der Waals surface area contributed by atoms with Gasteiger partial charge in [0.15, 0.2) is 5.13 Å². The number of hydrogen-bond acceptors (Lipinski definition) is 4. The molecule has 0 bridgehead atoms. The van der Waals surface area contributed by atoms with Crippen LogP contribution in [0.1, 0.15) is 21.7 Å². The van der Waals surface area contributed by atoms with Crippen LogP contribution >= 0.6 is 11.3 Å². The molecule has 4 nitrogen and oxygen atoms in total. The van der Waals surface area contributed by atoms with Gasteiger partial charge >= 0.3 is 0 Å². The number of hydrogen-bond donors (Lipinski definition) is 1. The quantitative estimate of drug-likeness (QED) is 0.578. The molecule has 0 saturated heterocycles. The molecule has 0 unspecified atom stereocenters. The fourth-order valence-electron chi connectivity index (χ4n) is 2.75. The summed E-state index contributed by atoms with van der Waals surface area (Å²) >= 11 is 1.47. The second kappa shape index (κ2) is 5.69. The van der Waals surface area contributed by atoms with Gasteiger partial charge in [-0.2, -0.15) is 0 Å². The number of anilines is 1. The Labute approximate surface area is 143 Å². The maximum absolute atomic E-state index is 12.7. The van der Waals surface area contributed by atoms with Gasteiger partial charge in [-0.05, 0) is 43.0 Å². The minimum absolute atomic E-state index is 0.231. The minimum Gasteiger partial charge on any atom is -0.296 e. The third kappa shape index (κ3) is 2.63. The zero-order chi connectivity index (χ0) is 16.7. The van der Waals surface area contributed by atoms with Crippen LogP contribution in [0.4, 0.5) is 5.13 Å². The number of rotatable bonds is 2. The summed E-state index contributed by atoms with van der Waals surface area (Å²) in [4.78, 5) is 21.6. The van der Waals surface area contributed by atoms with Crippen LogP contribution in [-0.2, 0) is 0 Å². The first-order chi connectivity index (χ1) is 11.6. The maximum atomic E-state index is 12.7. The van der Waals surface area contributed by atoms with Crippen LogP contribution in [0.2, 0.25) is 0 Å². The van der Waals surface area contributed by atoms with Crippen LogP contribution in [0, 0.1) is 13.8 Å². The average molecular weight is 333 g/mol. The number of nitrogens with one attached hydrogen (secondary N) is 1. The van der Waals surface area contributed by atoms with Crippen molar-refractivity contribution < 1.29 is 4.79 Å². The second-order valence-corrected chi connectivity index (χ2v) is 6.81. The van der Waals surface area contributed by atoms with Crippen LogP contribution in [0.5, 0.6) is 0 Å². The number of nitrogens with zero attached hydrogens (tertiary/aromatic N) is 2. The highest BCUT2D eigenvalue weighted by Gasteiger charge is 2.15. The number of amides is 1. The Morgan fingerprint density at radius 1 is 1.04 bits per heavy atom. The summed E-state index contributed by atoms with van der Waals surface area (Å²) < 4.78 is 1.06. The van der Waals surface area contributed by atoms with E-state index in [1.54, 1.807) is 0 Å². The molecule has 1 N–H and O–H groups in total. The van der Waals surface area contributed by atoms with Gasteiger partial charge in [0.05, 0.1) is 10.2 Å². The van der Waals surface area contributed by atoms with E-state index in [1.807, 2.05) is 56.3 Å². The average Bonchev–Trinajstić information content (AvgIpc) is 2.95. The first-order valence-corrected chi connectivity index (χ1v) is 8.47. The van der Waals surface area contributed by atoms with Crippen molar-refractivity contribution in [2.24, 2.45) is 0 Å². The molecule has 0 aliphatic carbocycles. The van der Waals surface area contributed by atoms with Crippen molar-refractivity contribution in [3.8, 4) is 0 Å². The zero-order valence-corrected chi connectivity index (χ0v) is 14.1. The first kappa shape index (κ1) is 14.8. The van der Waals surface area contributed by atoms with E-state index in [1.165, 1.54) is 16.9 Å². The van der Waals surface area contributed by atoms with E-state index in [4.69, 9.17) is 0 Å². The van der Waals surface area contributed by atoms with Gasteiger partial charge in [-0.25, -0.2) is 9.97 Å². The van der Waals surface area contributed by atoms with Gasteiger partial charge in [-0.15, -0.1) is 0 Å². The molecule has 4 aromatic rings. The Kier molecular flexibility index (Phi) is 3.50. The number of aryl methyl sites for hydroxylation is 2. The van der Waals surface area contributed by atoms with Gasteiger partial charge in [-0.3, -0.25) is 10.1 Å². The number of carbonyl (C=O) groups is 1. The standard InChI is InChI=1S/C19H15N3OS/c1-11-7-8-15-16(9-11)24-19(21-15)22-18(23)17-14-6-4-3-5-13(14)10-12(2)20-17/h3-10H,1-2H3,(H,21,22,23). The van der Waals surface area contributed by atoms with Crippen LogP contribution < -0.4 is 5.32 Å². The lowest BCUT2D eigenvalue weighted by Crippen LogP contribution is -2.14. The highest BCUT2D eigenvalue weighted by molar-refractivity contribution is 7.22. The molecule has 0 saturated carbocycles. The van der Waals surface area contributed by atoms with Crippen molar-refractivity contribution in [1.82, 2.24) is 9.97 Å². The highest BCUT2D eigenvalue weighted by Crippen LogP contribution is 2.27. The summed E-state index contributed by atoms with van der Waals surface area (Å²) in [5.74, 6) is -0.231. The van der Waals surface area contributed by atoms with Crippen molar-refractivity contribution in [2.45, 2.75) is 13.8 Å². The van der Waals surface area contributed by atoms with Crippen LogP contribution in [0.15, 0.2) is 48.5 Å². The van der Waals surface area contributed by atoms with Gasteiger partial charge < -0.3 is 0 Å². The molecular weight excluding hydrogens is 318 g/mol. The summed E-state index contributed by atoms with van der Waals surface area (Å²) in [6.45, 7) is 3.93. The zero-order valence-electron chi connectivity index (χ0n) is 13.3. The molecule has 2 aromatic heterocycles. The first-order valence-electron chi connectivity index (χ1n) is 7.65. The molecule has 4 rings (SSSR count). The smallest absolute Gasteiger partial charge is 0.276 e. The maximum Gasteiger partial charge on any atom is 0.276 e. The number of pyridine rings is 1. The predicted molar refractivity (Wildman–Crippen MR) is 98.8 cm³/mol. The van der Waals surface area contributed by atoms with Crippen LogP contribution in [0.3, 0.4) is 0 Å². The van der Waals surface area contributed by atoms with Crippen molar-refractivity contribution in [3.63, 3.8) is 0 Å².